The van der Waals surface area contributed by atoms with Crippen molar-refractivity contribution in [2.45, 2.75) is 10.8 Å². The van der Waals surface area contributed by atoms with Crippen LogP contribution in [0.2, 0.25) is 0 Å². The maximum absolute atomic E-state index is 12.2. The molecule has 0 atom stereocenters. The molecule has 8 heteroatoms. The number of rotatable bonds is 4. The standard InChI is InChI=1S/C19H12N4OS3/c24-16-10-12(20-19-23(16)7-9-26-19)11-27-18-13-4-1-2-5-14(13)21-17(22-18)15-6-3-8-25-15/h1-10H,11H2. The number of thioether (sulfide) groups is 1. The normalized spacial score (nSPS) is 11.4. The maximum Gasteiger partial charge on any atom is 0.258 e. The van der Waals surface area contributed by atoms with Crippen LogP contribution in [0.5, 0.6) is 0 Å². The monoisotopic (exact) mass is 408 g/mol. The number of fused-ring (bicyclic) bond motifs is 2. The van der Waals surface area contributed by atoms with Gasteiger partial charge in [0.25, 0.3) is 5.56 Å². The van der Waals surface area contributed by atoms with Crippen molar-refractivity contribution in [3.63, 3.8) is 0 Å². The zero-order valence-electron chi connectivity index (χ0n) is 13.9. The van der Waals surface area contributed by atoms with Crippen LogP contribution in [0.1, 0.15) is 5.69 Å². The predicted octanol–water partition coefficient (Wildman–Crippen LogP) is 4.72. The number of hydrogen-bond acceptors (Lipinski definition) is 7. The molecule has 0 aliphatic rings. The molecule has 0 unspecified atom stereocenters. The lowest BCUT2D eigenvalue weighted by atomic mass is 10.2. The molecule has 4 heterocycles. The van der Waals surface area contributed by atoms with E-state index in [-0.39, 0.29) is 5.56 Å². The quantitative estimate of drug-likeness (QED) is 0.318. The molecule has 132 valence electrons. The van der Waals surface area contributed by atoms with Crippen molar-refractivity contribution in [2.75, 3.05) is 0 Å². The second kappa shape index (κ2) is 6.88. The minimum atomic E-state index is -0.0522. The van der Waals surface area contributed by atoms with E-state index in [1.54, 1.807) is 39.8 Å². The van der Waals surface area contributed by atoms with Crippen LogP contribution in [0.3, 0.4) is 0 Å². The van der Waals surface area contributed by atoms with Gasteiger partial charge in [0.05, 0.1) is 16.1 Å². The average Bonchev–Trinajstić information content (AvgIpc) is 3.38. The Morgan fingerprint density at radius 1 is 1.00 bits per heavy atom. The number of thiophene rings is 1. The maximum atomic E-state index is 12.2. The van der Waals surface area contributed by atoms with Crippen LogP contribution >= 0.6 is 34.4 Å². The Hall–Kier alpha value is -2.55. The van der Waals surface area contributed by atoms with Gasteiger partial charge in [0.1, 0.15) is 5.03 Å². The van der Waals surface area contributed by atoms with Crippen molar-refractivity contribution < 1.29 is 0 Å². The summed E-state index contributed by atoms with van der Waals surface area (Å²) >= 11 is 4.66. The Morgan fingerprint density at radius 2 is 1.93 bits per heavy atom. The highest BCUT2D eigenvalue weighted by Crippen LogP contribution is 2.31. The second-order valence-corrected chi connectivity index (χ2v) is 8.56. The molecule has 4 aromatic heterocycles. The molecule has 1 aromatic carbocycles. The predicted molar refractivity (Wildman–Crippen MR) is 112 cm³/mol. The van der Waals surface area contributed by atoms with Crippen molar-refractivity contribution >= 4 is 50.3 Å². The number of nitrogens with zero attached hydrogens (tertiary/aromatic N) is 4. The Kier molecular flexibility index (Phi) is 4.23. The molecule has 5 aromatic rings. The van der Waals surface area contributed by atoms with E-state index in [2.05, 4.69) is 4.98 Å². The summed E-state index contributed by atoms with van der Waals surface area (Å²) in [5.74, 6) is 1.31. The molecule has 0 saturated heterocycles. The van der Waals surface area contributed by atoms with Crippen molar-refractivity contribution in [3.05, 3.63) is 75.5 Å². The molecule has 0 aliphatic carbocycles. The van der Waals surface area contributed by atoms with E-state index < -0.39 is 0 Å². The van der Waals surface area contributed by atoms with Gasteiger partial charge in [-0.25, -0.2) is 15.0 Å². The number of hydrogen-bond donors (Lipinski definition) is 0. The Balaban J connectivity index is 1.54. The SMILES string of the molecule is O=c1cc(CSc2nc(-c3cccs3)nc3ccccc23)nc2sccn12. The molecule has 0 fully saturated rings. The average molecular weight is 409 g/mol. The third-order valence-corrected chi connectivity index (χ3v) is 6.67. The fourth-order valence-electron chi connectivity index (χ4n) is 2.78. The summed E-state index contributed by atoms with van der Waals surface area (Å²) in [5.41, 5.74) is 1.62. The molecular weight excluding hydrogens is 396 g/mol. The van der Waals surface area contributed by atoms with Gasteiger partial charge in [-0.1, -0.05) is 36.0 Å². The van der Waals surface area contributed by atoms with Gasteiger partial charge in [-0.3, -0.25) is 9.20 Å². The highest BCUT2D eigenvalue weighted by Gasteiger charge is 2.12. The Bertz CT molecular complexity index is 1310. The summed E-state index contributed by atoms with van der Waals surface area (Å²) < 4.78 is 1.56. The molecule has 0 saturated carbocycles. The second-order valence-electron chi connectivity index (χ2n) is 5.78. The highest BCUT2D eigenvalue weighted by atomic mass is 32.2. The van der Waals surface area contributed by atoms with E-state index in [0.29, 0.717) is 10.7 Å². The van der Waals surface area contributed by atoms with Crippen LogP contribution in [0.4, 0.5) is 0 Å². The van der Waals surface area contributed by atoms with Crippen LogP contribution < -0.4 is 5.56 Å². The first-order valence-corrected chi connectivity index (χ1v) is 10.9. The molecule has 0 bridgehead atoms. The van der Waals surface area contributed by atoms with Gasteiger partial charge in [0.15, 0.2) is 10.8 Å². The molecule has 0 amide bonds. The smallest absolute Gasteiger partial charge is 0.258 e. The van der Waals surface area contributed by atoms with Gasteiger partial charge < -0.3 is 0 Å². The number of aromatic nitrogens is 4. The van der Waals surface area contributed by atoms with Gasteiger partial charge in [0, 0.05) is 28.8 Å². The molecule has 0 radical (unpaired) electrons. The minimum Gasteiger partial charge on any atom is -0.269 e. The van der Waals surface area contributed by atoms with Crippen LogP contribution in [-0.4, -0.2) is 19.4 Å². The topological polar surface area (TPSA) is 60.2 Å². The molecule has 0 spiro atoms. The van der Waals surface area contributed by atoms with Crippen molar-refractivity contribution in [1.82, 2.24) is 19.4 Å². The zero-order valence-corrected chi connectivity index (χ0v) is 16.4. The number of thiazole rings is 1. The van der Waals surface area contributed by atoms with Crippen molar-refractivity contribution in [2.24, 2.45) is 0 Å². The van der Waals surface area contributed by atoms with Gasteiger partial charge in [-0.2, -0.15) is 0 Å². The van der Waals surface area contributed by atoms with Crippen LogP contribution in [-0.2, 0) is 5.75 Å². The first-order chi connectivity index (χ1) is 13.3. The summed E-state index contributed by atoms with van der Waals surface area (Å²) in [6.07, 6.45) is 1.75. The van der Waals surface area contributed by atoms with E-state index in [1.165, 1.54) is 11.3 Å². The third-order valence-electron chi connectivity index (χ3n) is 4.02. The Labute approximate surface area is 166 Å². The molecule has 0 aliphatic heterocycles. The summed E-state index contributed by atoms with van der Waals surface area (Å²) in [6, 6.07) is 13.6. The molecule has 0 N–H and O–H groups in total. The van der Waals surface area contributed by atoms with Crippen LogP contribution in [0.15, 0.2) is 69.2 Å². The van der Waals surface area contributed by atoms with E-state index >= 15 is 0 Å². The number of benzene rings is 1. The number of para-hydroxylation sites is 1. The van der Waals surface area contributed by atoms with Crippen molar-refractivity contribution in [3.8, 4) is 10.7 Å². The third kappa shape index (κ3) is 3.16. The van der Waals surface area contributed by atoms with Crippen LogP contribution in [0.25, 0.3) is 26.6 Å². The van der Waals surface area contributed by atoms with E-state index in [9.17, 15) is 4.79 Å². The summed E-state index contributed by atoms with van der Waals surface area (Å²) in [6.45, 7) is 0. The summed E-state index contributed by atoms with van der Waals surface area (Å²) in [7, 11) is 0. The summed E-state index contributed by atoms with van der Waals surface area (Å²) in [5, 5.41) is 5.80. The minimum absolute atomic E-state index is 0.0522. The van der Waals surface area contributed by atoms with E-state index in [0.717, 1.165) is 32.3 Å². The fourth-order valence-corrected chi connectivity index (χ4v) is 5.09. The lowest BCUT2D eigenvalue weighted by Crippen LogP contribution is -2.12. The Morgan fingerprint density at radius 3 is 2.81 bits per heavy atom. The van der Waals surface area contributed by atoms with Crippen LogP contribution in [0, 0.1) is 0 Å². The van der Waals surface area contributed by atoms with Gasteiger partial charge in [-0.15, -0.1) is 22.7 Å². The lowest BCUT2D eigenvalue weighted by Gasteiger charge is -2.07. The van der Waals surface area contributed by atoms with Crippen molar-refractivity contribution in [1.29, 1.82) is 0 Å². The molecular formula is C19H12N4OS3. The first kappa shape index (κ1) is 16.6. The fraction of sp³-hybridized carbons (Fsp3) is 0.0526. The van der Waals surface area contributed by atoms with E-state index in [4.69, 9.17) is 9.97 Å². The van der Waals surface area contributed by atoms with Gasteiger partial charge in [0.2, 0.25) is 0 Å². The lowest BCUT2D eigenvalue weighted by molar-refractivity contribution is 1.04. The molecule has 5 rings (SSSR count). The van der Waals surface area contributed by atoms with Gasteiger partial charge in [-0.05, 0) is 17.5 Å². The zero-order chi connectivity index (χ0) is 18.2. The van der Waals surface area contributed by atoms with E-state index in [1.807, 2.05) is 47.2 Å². The molecule has 27 heavy (non-hydrogen) atoms. The summed E-state index contributed by atoms with van der Waals surface area (Å²) in [4.78, 5) is 28.0. The molecule has 5 nitrogen and oxygen atoms in total. The van der Waals surface area contributed by atoms with Gasteiger partial charge >= 0.3 is 0 Å². The largest absolute Gasteiger partial charge is 0.269 e. The highest BCUT2D eigenvalue weighted by molar-refractivity contribution is 7.98. The first-order valence-electron chi connectivity index (χ1n) is 8.17.